The largest absolute Gasteiger partial charge is 0.309 e. The van der Waals surface area contributed by atoms with E-state index in [2.05, 4.69) is 12.2 Å². The lowest BCUT2D eigenvalue weighted by Crippen LogP contribution is -2.25. The van der Waals surface area contributed by atoms with Gasteiger partial charge in [0.1, 0.15) is 5.82 Å². The normalized spacial score (nSPS) is 17.7. The van der Waals surface area contributed by atoms with Gasteiger partial charge in [-0.15, -0.1) is 11.3 Å². The number of fused-ring (bicyclic) bond motifs is 1. The second-order valence-electron chi connectivity index (χ2n) is 5.62. The van der Waals surface area contributed by atoms with Crippen molar-refractivity contribution >= 4 is 11.3 Å². The van der Waals surface area contributed by atoms with Crippen molar-refractivity contribution in [3.8, 4) is 0 Å². The number of thiazole rings is 1. The van der Waals surface area contributed by atoms with Crippen LogP contribution in [0.25, 0.3) is 0 Å². The molecular formula is C17H21FN2S. The maximum atomic E-state index is 13.0. The van der Waals surface area contributed by atoms with Crippen LogP contribution in [-0.2, 0) is 12.8 Å². The van der Waals surface area contributed by atoms with Gasteiger partial charge in [-0.05, 0) is 49.9 Å². The summed E-state index contributed by atoms with van der Waals surface area (Å²) >= 11 is 1.83. The summed E-state index contributed by atoms with van der Waals surface area (Å²) in [6.07, 6.45) is 5.54. The molecule has 1 N–H and O–H groups in total. The summed E-state index contributed by atoms with van der Waals surface area (Å²) in [5.74, 6) is -0.180. The summed E-state index contributed by atoms with van der Waals surface area (Å²) in [6, 6.07) is 7.17. The van der Waals surface area contributed by atoms with E-state index in [0.717, 1.165) is 36.4 Å². The van der Waals surface area contributed by atoms with Crippen LogP contribution in [0.5, 0.6) is 0 Å². The van der Waals surface area contributed by atoms with Gasteiger partial charge in [-0.1, -0.05) is 19.1 Å². The van der Waals surface area contributed by atoms with E-state index in [0.29, 0.717) is 6.04 Å². The van der Waals surface area contributed by atoms with Crippen molar-refractivity contribution in [2.75, 3.05) is 6.54 Å². The Bertz CT molecular complexity index is 591. The highest BCUT2D eigenvalue weighted by Gasteiger charge is 2.24. The first kappa shape index (κ1) is 14.7. The zero-order chi connectivity index (χ0) is 14.7. The zero-order valence-corrected chi connectivity index (χ0v) is 13.2. The molecule has 0 spiro atoms. The topological polar surface area (TPSA) is 24.9 Å². The molecule has 1 atom stereocenters. The van der Waals surface area contributed by atoms with Crippen molar-refractivity contribution < 1.29 is 4.39 Å². The van der Waals surface area contributed by atoms with Crippen molar-refractivity contribution in [1.82, 2.24) is 10.3 Å². The number of hydrogen-bond acceptors (Lipinski definition) is 3. The average molecular weight is 304 g/mol. The Kier molecular flexibility index (Phi) is 4.66. The van der Waals surface area contributed by atoms with Gasteiger partial charge in [0.15, 0.2) is 0 Å². The van der Waals surface area contributed by atoms with Crippen molar-refractivity contribution in [1.29, 1.82) is 0 Å². The smallest absolute Gasteiger partial charge is 0.123 e. The Morgan fingerprint density at radius 1 is 1.33 bits per heavy atom. The number of aryl methyl sites for hydroxylation is 1. The second-order valence-corrected chi connectivity index (χ2v) is 6.79. The van der Waals surface area contributed by atoms with Crippen molar-refractivity contribution in [2.45, 2.75) is 45.1 Å². The molecule has 0 fully saturated rings. The molecule has 1 aliphatic rings. The quantitative estimate of drug-likeness (QED) is 0.893. The van der Waals surface area contributed by atoms with E-state index >= 15 is 0 Å². The maximum absolute atomic E-state index is 13.0. The molecule has 0 aliphatic heterocycles. The number of rotatable bonds is 5. The third kappa shape index (κ3) is 3.50. The number of nitrogens with one attached hydrogen (secondary N) is 1. The van der Waals surface area contributed by atoms with Crippen LogP contribution in [0.1, 0.15) is 53.4 Å². The van der Waals surface area contributed by atoms with Gasteiger partial charge in [0.2, 0.25) is 0 Å². The third-order valence-electron chi connectivity index (χ3n) is 3.91. The lowest BCUT2D eigenvalue weighted by Gasteiger charge is -2.22. The van der Waals surface area contributed by atoms with E-state index in [1.807, 2.05) is 23.5 Å². The van der Waals surface area contributed by atoms with Crippen LogP contribution >= 0.6 is 11.3 Å². The van der Waals surface area contributed by atoms with Crippen molar-refractivity contribution in [3.63, 3.8) is 0 Å². The summed E-state index contributed by atoms with van der Waals surface area (Å²) in [7, 11) is 0. The van der Waals surface area contributed by atoms with Gasteiger partial charge in [-0.2, -0.15) is 0 Å². The molecule has 2 aromatic rings. The van der Waals surface area contributed by atoms with Crippen molar-refractivity contribution in [3.05, 3.63) is 51.2 Å². The standard InChI is InChI=1S/C17H21FN2S/c1-2-10-19-14-4-3-5-15-17(14)20-16(21-15)11-12-6-8-13(18)9-7-12/h6-9,14,19H,2-5,10-11H2,1H3. The summed E-state index contributed by atoms with van der Waals surface area (Å²) < 4.78 is 13.0. The second kappa shape index (κ2) is 6.67. The zero-order valence-electron chi connectivity index (χ0n) is 12.4. The predicted molar refractivity (Wildman–Crippen MR) is 85.3 cm³/mol. The molecular weight excluding hydrogens is 283 g/mol. The highest BCUT2D eigenvalue weighted by atomic mass is 32.1. The van der Waals surface area contributed by atoms with Crippen LogP contribution in [0.3, 0.4) is 0 Å². The number of benzene rings is 1. The highest BCUT2D eigenvalue weighted by Crippen LogP contribution is 2.34. The van der Waals surface area contributed by atoms with E-state index in [4.69, 9.17) is 4.98 Å². The fourth-order valence-corrected chi connectivity index (χ4v) is 4.04. The Balaban J connectivity index is 1.76. The fourth-order valence-electron chi connectivity index (χ4n) is 2.84. The first-order chi connectivity index (χ1) is 10.3. The van der Waals surface area contributed by atoms with Gasteiger partial charge >= 0.3 is 0 Å². The lowest BCUT2D eigenvalue weighted by molar-refractivity contribution is 0.454. The first-order valence-electron chi connectivity index (χ1n) is 7.72. The minimum atomic E-state index is -0.180. The molecule has 2 nitrogen and oxygen atoms in total. The summed E-state index contributed by atoms with van der Waals surface area (Å²) in [5.41, 5.74) is 2.39. The summed E-state index contributed by atoms with van der Waals surface area (Å²) in [6.45, 7) is 3.24. The fraction of sp³-hybridized carbons (Fsp3) is 0.471. The highest BCUT2D eigenvalue weighted by molar-refractivity contribution is 7.11. The first-order valence-corrected chi connectivity index (χ1v) is 8.54. The van der Waals surface area contributed by atoms with Gasteiger partial charge in [0.05, 0.1) is 16.7 Å². The molecule has 0 amide bonds. The molecule has 1 unspecified atom stereocenters. The van der Waals surface area contributed by atoms with Crippen LogP contribution in [0.15, 0.2) is 24.3 Å². The molecule has 112 valence electrons. The van der Waals surface area contributed by atoms with Crippen LogP contribution in [0.2, 0.25) is 0 Å². The van der Waals surface area contributed by atoms with Crippen LogP contribution in [0, 0.1) is 5.82 Å². The van der Waals surface area contributed by atoms with Crippen LogP contribution in [-0.4, -0.2) is 11.5 Å². The minimum Gasteiger partial charge on any atom is -0.309 e. The van der Waals surface area contributed by atoms with E-state index < -0.39 is 0 Å². The Morgan fingerprint density at radius 2 is 2.14 bits per heavy atom. The predicted octanol–water partition coefficient (Wildman–Crippen LogP) is 4.25. The van der Waals surface area contributed by atoms with E-state index in [-0.39, 0.29) is 5.82 Å². The van der Waals surface area contributed by atoms with Gasteiger partial charge in [-0.25, -0.2) is 9.37 Å². The molecule has 1 aliphatic carbocycles. The lowest BCUT2D eigenvalue weighted by atomic mass is 9.97. The number of hydrogen-bond donors (Lipinski definition) is 1. The Morgan fingerprint density at radius 3 is 2.90 bits per heavy atom. The summed E-state index contributed by atoms with van der Waals surface area (Å²) in [4.78, 5) is 6.30. The molecule has 4 heteroatoms. The molecule has 0 bridgehead atoms. The summed E-state index contributed by atoms with van der Waals surface area (Å²) in [5, 5.41) is 4.76. The number of halogens is 1. The van der Waals surface area contributed by atoms with Gasteiger partial charge in [0.25, 0.3) is 0 Å². The van der Waals surface area contributed by atoms with E-state index in [9.17, 15) is 4.39 Å². The van der Waals surface area contributed by atoms with Gasteiger partial charge in [-0.3, -0.25) is 0 Å². The molecule has 1 heterocycles. The molecule has 1 aromatic carbocycles. The Labute approximate surface area is 129 Å². The Hall–Kier alpha value is -1.26. The number of aromatic nitrogens is 1. The molecule has 3 rings (SSSR count). The van der Waals surface area contributed by atoms with E-state index in [1.165, 1.54) is 35.5 Å². The number of nitrogens with zero attached hydrogens (tertiary/aromatic N) is 1. The van der Waals surface area contributed by atoms with Gasteiger partial charge in [0, 0.05) is 11.3 Å². The van der Waals surface area contributed by atoms with Crippen molar-refractivity contribution in [2.24, 2.45) is 0 Å². The van der Waals surface area contributed by atoms with Gasteiger partial charge < -0.3 is 5.32 Å². The molecule has 0 saturated heterocycles. The van der Waals surface area contributed by atoms with Crippen LogP contribution < -0.4 is 5.32 Å². The third-order valence-corrected chi connectivity index (χ3v) is 5.04. The maximum Gasteiger partial charge on any atom is 0.123 e. The molecule has 0 saturated carbocycles. The SMILES string of the molecule is CCCNC1CCCc2sc(Cc3ccc(F)cc3)nc21. The monoisotopic (exact) mass is 304 g/mol. The van der Waals surface area contributed by atoms with E-state index in [1.54, 1.807) is 0 Å². The average Bonchev–Trinajstić information content (AvgIpc) is 2.90. The molecule has 0 radical (unpaired) electrons. The molecule has 21 heavy (non-hydrogen) atoms. The van der Waals surface area contributed by atoms with Crippen LogP contribution in [0.4, 0.5) is 4.39 Å². The molecule has 1 aromatic heterocycles. The minimum absolute atomic E-state index is 0.180.